The summed E-state index contributed by atoms with van der Waals surface area (Å²) in [6.45, 7) is 1.91. The van der Waals surface area contributed by atoms with E-state index in [2.05, 4.69) is 15.9 Å². The highest BCUT2D eigenvalue weighted by Crippen LogP contribution is 2.31. The predicted octanol–water partition coefficient (Wildman–Crippen LogP) is 3.46. The van der Waals surface area contributed by atoms with E-state index < -0.39 is 5.97 Å². The van der Waals surface area contributed by atoms with E-state index in [4.69, 9.17) is 9.52 Å². The number of benzene rings is 1. The number of aromatic carboxylic acids is 1. The average Bonchev–Trinajstić information content (AvgIpc) is 2.57. The first kappa shape index (κ1) is 10.2. The van der Waals surface area contributed by atoms with Crippen LogP contribution in [-0.4, -0.2) is 11.1 Å². The number of aryl methyl sites for hydroxylation is 1. The van der Waals surface area contributed by atoms with E-state index in [1.54, 1.807) is 0 Å². The molecule has 0 atom stereocenters. The normalized spacial score (nSPS) is 10.8. The summed E-state index contributed by atoms with van der Waals surface area (Å²) >= 11 is 3.34. The van der Waals surface area contributed by atoms with Crippen LogP contribution in [0.15, 0.2) is 27.1 Å². The molecule has 2 aromatic rings. The Morgan fingerprint density at radius 3 is 2.87 bits per heavy atom. The van der Waals surface area contributed by atoms with Crippen LogP contribution >= 0.6 is 15.9 Å². The van der Waals surface area contributed by atoms with Gasteiger partial charge in [0.05, 0.1) is 4.47 Å². The molecule has 0 saturated heterocycles. The Balaban J connectivity index is 2.84. The molecule has 3 nitrogen and oxygen atoms in total. The fraction of sp³-hybridized carbons (Fsp3) is 0.182. The Morgan fingerprint density at radius 1 is 1.53 bits per heavy atom. The number of rotatable bonds is 2. The average molecular weight is 269 g/mol. The molecule has 78 valence electrons. The summed E-state index contributed by atoms with van der Waals surface area (Å²) < 4.78 is 6.12. The molecule has 0 radical (unpaired) electrons. The van der Waals surface area contributed by atoms with Crippen molar-refractivity contribution in [2.75, 3.05) is 0 Å². The summed E-state index contributed by atoms with van der Waals surface area (Å²) in [7, 11) is 0. The first-order valence-corrected chi connectivity index (χ1v) is 5.37. The number of para-hydroxylation sites is 1. The Morgan fingerprint density at radius 2 is 2.27 bits per heavy atom. The van der Waals surface area contributed by atoms with Crippen LogP contribution in [0.5, 0.6) is 0 Å². The molecular formula is C11H9BrO3. The third-order valence-electron chi connectivity index (χ3n) is 2.32. The largest absolute Gasteiger partial charge is 0.475 e. The fourth-order valence-electron chi connectivity index (χ4n) is 1.66. The van der Waals surface area contributed by atoms with Crippen molar-refractivity contribution in [2.24, 2.45) is 0 Å². The number of carbonyl (C=O) groups is 1. The van der Waals surface area contributed by atoms with Gasteiger partial charge in [0.25, 0.3) is 0 Å². The number of fused-ring (bicyclic) bond motifs is 1. The molecule has 1 N–H and O–H groups in total. The van der Waals surface area contributed by atoms with Crippen LogP contribution in [0.25, 0.3) is 11.0 Å². The zero-order valence-corrected chi connectivity index (χ0v) is 9.67. The Kier molecular flexibility index (Phi) is 2.52. The summed E-state index contributed by atoms with van der Waals surface area (Å²) in [4.78, 5) is 11.0. The molecule has 0 aliphatic rings. The SMILES string of the molecule is CCc1c(C(=O)O)oc2c(Br)cccc12. The molecule has 0 fully saturated rings. The molecule has 0 bridgehead atoms. The highest BCUT2D eigenvalue weighted by molar-refractivity contribution is 9.10. The first-order valence-electron chi connectivity index (χ1n) is 4.58. The molecule has 0 aliphatic carbocycles. The van der Waals surface area contributed by atoms with Crippen LogP contribution in [0.1, 0.15) is 23.0 Å². The molecule has 0 amide bonds. The second-order valence-electron chi connectivity index (χ2n) is 3.18. The summed E-state index contributed by atoms with van der Waals surface area (Å²) in [5.41, 5.74) is 1.35. The van der Waals surface area contributed by atoms with Crippen LogP contribution < -0.4 is 0 Å². The molecule has 1 aromatic heterocycles. The molecule has 4 heteroatoms. The summed E-state index contributed by atoms with van der Waals surface area (Å²) in [6.07, 6.45) is 0.644. The van der Waals surface area contributed by atoms with E-state index in [-0.39, 0.29) is 5.76 Å². The maximum absolute atomic E-state index is 11.0. The van der Waals surface area contributed by atoms with Gasteiger partial charge in [-0.3, -0.25) is 0 Å². The summed E-state index contributed by atoms with van der Waals surface area (Å²) in [5, 5.41) is 9.84. The molecule has 1 heterocycles. The second kappa shape index (κ2) is 3.70. The topological polar surface area (TPSA) is 50.4 Å². The van der Waals surface area contributed by atoms with Gasteiger partial charge < -0.3 is 9.52 Å². The molecule has 0 spiro atoms. The molecule has 0 unspecified atom stereocenters. The van der Waals surface area contributed by atoms with Gasteiger partial charge in [0.15, 0.2) is 0 Å². The number of hydrogen-bond acceptors (Lipinski definition) is 2. The Hall–Kier alpha value is -1.29. The van der Waals surface area contributed by atoms with E-state index in [1.165, 1.54) is 0 Å². The zero-order chi connectivity index (χ0) is 11.0. The van der Waals surface area contributed by atoms with Gasteiger partial charge in [0.1, 0.15) is 5.58 Å². The highest BCUT2D eigenvalue weighted by Gasteiger charge is 2.19. The van der Waals surface area contributed by atoms with Crippen molar-refractivity contribution in [2.45, 2.75) is 13.3 Å². The van der Waals surface area contributed by atoms with Gasteiger partial charge in [-0.15, -0.1) is 0 Å². The van der Waals surface area contributed by atoms with Gasteiger partial charge in [-0.25, -0.2) is 4.79 Å². The molecule has 15 heavy (non-hydrogen) atoms. The second-order valence-corrected chi connectivity index (χ2v) is 4.04. The highest BCUT2D eigenvalue weighted by atomic mass is 79.9. The lowest BCUT2D eigenvalue weighted by Gasteiger charge is -1.93. The number of halogens is 1. The minimum absolute atomic E-state index is 0.0411. The summed E-state index contributed by atoms with van der Waals surface area (Å²) in [5.74, 6) is -0.977. The first-order chi connectivity index (χ1) is 7.15. The van der Waals surface area contributed by atoms with Gasteiger partial charge in [-0.2, -0.15) is 0 Å². The van der Waals surface area contributed by atoms with Crippen molar-refractivity contribution in [3.63, 3.8) is 0 Å². The molecule has 2 rings (SSSR count). The van der Waals surface area contributed by atoms with E-state index in [1.807, 2.05) is 25.1 Å². The van der Waals surface area contributed by atoms with Crippen LogP contribution in [0.2, 0.25) is 0 Å². The maximum Gasteiger partial charge on any atom is 0.372 e. The predicted molar refractivity (Wildman–Crippen MR) is 60.3 cm³/mol. The van der Waals surface area contributed by atoms with Gasteiger partial charge in [-0.05, 0) is 28.4 Å². The van der Waals surface area contributed by atoms with Crippen molar-refractivity contribution < 1.29 is 14.3 Å². The molecule has 0 aliphatic heterocycles. The van der Waals surface area contributed by atoms with Crippen molar-refractivity contribution in [1.82, 2.24) is 0 Å². The van der Waals surface area contributed by atoms with Crippen LogP contribution in [-0.2, 0) is 6.42 Å². The Labute approximate surface area is 94.8 Å². The van der Waals surface area contributed by atoms with Crippen LogP contribution in [0, 0.1) is 0 Å². The van der Waals surface area contributed by atoms with Gasteiger partial charge in [0, 0.05) is 10.9 Å². The molecule has 1 aromatic carbocycles. The van der Waals surface area contributed by atoms with Gasteiger partial charge >= 0.3 is 5.97 Å². The van der Waals surface area contributed by atoms with Crippen molar-refractivity contribution >= 4 is 32.9 Å². The van der Waals surface area contributed by atoms with Crippen molar-refractivity contribution in [3.8, 4) is 0 Å². The van der Waals surface area contributed by atoms with E-state index >= 15 is 0 Å². The van der Waals surface area contributed by atoms with E-state index in [0.29, 0.717) is 12.0 Å². The lowest BCUT2D eigenvalue weighted by Crippen LogP contribution is -1.97. The van der Waals surface area contributed by atoms with Crippen LogP contribution in [0.4, 0.5) is 0 Å². The third-order valence-corrected chi connectivity index (χ3v) is 2.94. The van der Waals surface area contributed by atoms with Crippen molar-refractivity contribution in [1.29, 1.82) is 0 Å². The lowest BCUT2D eigenvalue weighted by atomic mass is 10.1. The number of carboxylic acids is 1. The van der Waals surface area contributed by atoms with Gasteiger partial charge in [-0.1, -0.05) is 19.1 Å². The smallest absolute Gasteiger partial charge is 0.372 e. The van der Waals surface area contributed by atoms with Gasteiger partial charge in [0.2, 0.25) is 5.76 Å². The molecular weight excluding hydrogens is 260 g/mol. The Bertz CT molecular complexity index is 528. The quantitative estimate of drug-likeness (QED) is 0.908. The zero-order valence-electron chi connectivity index (χ0n) is 8.08. The van der Waals surface area contributed by atoms with Crippen LogP contribution in [0.3, 0.4) is 0 Å². The monoisotopic (exact) mass is 268 g/mol. The van der Waals surface area contributed by atoms with E-state index in [9.17, 15) is 4.79 Å². The minimum atomic E-state index is -1.02. The fourth-order valence-corrected chi connectivity index (χ4v) is 2.11. The number of carboxylic acid groups (broad SMARTS) is 1. The van der Waals surface area contributed by atoms with Crippen molar-refractivity contribution in [3.05, 3.63) is 34.0 Å². The molecule has 0 saturated carbocycles. The maximum atomic E-state index is 11.0. The van der Waals surface area contributed by atoms with E-state index in [0.717, 1.165) is 15.4 Å². The number of hydrogen-bond donors (Lipinski definition) is 1. The third kappa shape index (κ3) is 1.55. The standard InChI is InChI=1S/C11H9BrO3/c1-2-6-7-4-3-5-8(12)9(7)15-10(6)11(13)14/h3-5H,2H2,1H3,(H,13,14). The summed E-state index contributed by atoms with van der Waals surface area (Å²) in [6, 6.07) is 5.57. The lowest BCUT2D eigenvalue weighted by molar-refractivity contribution is 0.0663. The minimum Gasteiger partial charge on any atom is -0.475 e. The number of furan rings is 1.